The Kier molecular flexibility index (Phi) is 4.80. The summed E-state index contributed by atoms with van der Waals surface area (Å²) < 4.78 is 0. The van der Waals surface area contributed by atoms with Gasteiger partial charge in [-0.05, 0) is 25.8 Å². The molecule has 1 aliphatic carbocycles. The van der Waals surface area contributed by atoms with Gasteiger partial charge in [0.15, 0.2) is 0 Å². The minimum atomic E-state index is 0.341. The van der Waals surface area contributed by atoms with Crippen LogP contribution >= 0.6 is 0 Å². The molecule has 98 valence electrons. The lowest BCUT2D eigenvalue weighted by Gasteiger charge is -2.29. The molecular formula is C13H25N3O. The summed E-state index contributed by atoms with van der Waals surface area (Å²) in [6, 6.07) is 0.783. The fourth-order valence-electron chi connectivity index (χ4n) is 2.52. The van der Waals surface area contributed by atoms with Gasteiger partial charge >= 0.3 is 0 Å². The Hall–Kier alpha value is -0.610. The summed E-state index contributed by atoms with van der Waals surface area (Å²) in [6.45, 7) is 8.00. The highest BCUT2D eigenvalue weighted by molar-refractivity contribution is 5.76. The first kappa shape index (κ1) is 12.8. The highest BCUT2D eigenvalue weighted by Crippen LogP contribution is 2.26. The van der Waals surface area contributed by atoms with Crippen molar-refractivity contribution in [1.29, 1.82) is 0 Å². The van der Waals surface area contributed by atoms with Crippen LogP contribution < -0.4 is 5.32 Å². The van der Waals surface area contributed by atoms with Gasteiger partial charge in [-0.2, -0.15) is 0 Å². The molecule has 4 heteroatoms. The Balaban J connectivity index is 1.69. The lowest BCUT2D eigenvalue weighted by atomic mass is 10.2. The van der Waals surface area contributed by atoms with Gasteiger partial charge in [-0.25, -0.2) is 0 Å². The van der Waals surface area contributed by atoms with Gasteiger partial charge in [-0.1, -0.05) is 6.92 Å². The van der Waals surface area contributed by atoms with Crippen molar-refractivity contribution in [2.24, 2.45) is 0 Å². The molecule has 0 atom stereocenters. The van der Waals surface area contributed by atoms with Gasteiger partial charge in [-0.15, -0.1) is 0 Å². The topological polar surface area (TPSA) is 35.6 Å². The smallest absolute Gasteiger partial charge is 0.223 e. The molecule has 0 spiro atoms. The molecule has 1 saturated carbocycles. The summed E-state index contributed by atoms with van der Waals surface area (Å²) >= 11 is 0. The Morgan fingerprint density at radius 3 is 2.59 bits per heavy atom. The van der Waals surface area contributed by atoms with Crippen LogP contribution in [-0.4, -0.2) is 61.0 Å². The van der Waals surface area contributed by atoms with Crippen LogP contribution in [0.3, 0.4) is 0 Å². The summed E-state index contributed by atoms with van der Waals surface area (Å²) in [4.78, 5) is 16.5. The largest absolute Gasteiger partial charge is 0.340 e. The van der Waals surface area contributed by atoms with Crippen LogP contribution in [0, 0.1) is 0 Å². The van der Waals surface area contributed by atoms with E-state index in [0.717, 1.165) is 45.3 Å². The molecule has 0 bridgehead atoms. The van der Waals surface area contributed by atoms with Gasteiger partial charge in [-0.3, -0.25) is 9.69 Å². The van der Waals surface area contributed by atoms with Crippen LogP contribution in [0.2, 0.25) is 0 Å². The Morgan fingerprint density at radius 2 is 2.00 bits per heavy atom. The van der Waals surface area contributed by atoms with Gasteiger partial charge in [0.25, 0.3) is 0 Å². The maximum Gasteiger partial charge on any atom is 0.223 e. The van der Waals surface area contributed by atoms with Crippen molar-refractivity contribution in [3.63, 3.8) is 0 Å². The zero-order valence-corrected chi connectivity index (χ0v) is 11.0. The molecule has 2 fully saturated rings. The zero-order valence-electron chi connectivity index (χ0n) is 11.0. The number of nitrogens with one attached hydrogen (secondary N) is 1. The van der Waals surface area contributed by atoms with Crippen molar-refractivity contribution in [3.05, 3.63) is 0 Å². The molecule has 1 N–H and O–H groups in total. The second-order valence-corrected chi connectivity index (χ2v) is 5.15. The van der Waals surface area contributed by atoms with E-state index in [9.17, 15) is 4.79 Å². The molecule has 0 aromatic carbocycles. The van der Waals surface area contributed by atoms with Crippen LogP contribution in [-0.2, 0) is 4.79 Å². The monoisotopic (exact) mass is 239 g/mol. The van der Waals surface area contributed by atoms with Crippen molar-refractivity contribution in [1.82, 2.24) is 15.1 Å². The summed E-state index contributed by atoms with van der Waals surface area (Å²) in [5, 5.41) is 3.28. The van der Waals surface area contributed by atoms with Crippen LogP contribution in [0.5, 0.6) is 0 Å². The van der Waals surface area contributed by atoms with Gasteiger partial charge in [0.05, 0.1) is 0 Å². The third-order valence-electron chi connectivity index (χ3n) is 3.66. The Morgan fingerprint density at radius 1 is 1.29 bits per heavy atom. The van der Waals surface area contributed by atoms with E-state index in [2.05, 4.69) is 17.1 Å². The number of piperazine rings is 1. The van der Waals surface area contributed by atoms with Crippen molar-refractivity contribution in [2.45, 2.75) is 38.6 Å². The average Bonchev–Trinajstić information content (AvgIpc) is 3.19. The lowest BCUT2D eigenvalue weighted by Crippen LogP contribution is -2.47. The molecule has 1 heterocycles. The predicted octanol–water partition coefficient (Wildman–Crippen LogP) is 0.683. The average molecular weight is 239 g/mol. The van der Waals surface area contributed by atoms with E-state index in [-0.39, 0.29) is 0 Å². The zero-order chi connectivity index (χ0) is 12.1. The van der Waals surface area contributed by atoms with Gasteiger partial charge in [0.1, 0.15) is 0 Å². The van der Waals surface area contributed by atoms with Crippen molar-refractivity contribution in [2.75, 3.05) is 39.3 Å². The quantitative estimate of drug-likeness (QED) is 0.740. The van der Waals surface area contributed by atoms with Crippen LogP contribution in [0.1, 0.15) is 32.6 Å². The van der Waals surface area contributed by atoms with Crippen molar-refractivity contribution < 1.29 is 4.79 Å². The normalized spacial score (nSPS) is 20.9. The number of hydrogen-bond acceptors (Lipinski definition) is 3. The minimum Gasteiger partial charge on any atom is -0.340 e. The van der Waals surface area contributed by atoms with Gasteiger partial charge < -0.3 is 10.2 Å². The van der Waals surface area contributed by atoms with Crippen molar-refractivity contribution >= 4 is 5.91 Å². The third kappa shape index (κ3) is 3.96. The highest BCUT2D eigenvalue weighted by Gasteiger charge is 2.28. The number of carbonyl (C=O) groups excluding carboxylic acids is 1. The molecule has 2 rings (SSSR count). The molecule has 1 amide bonds. The predicted molar refractivity (Wildman–Crippen MR) is 69.0 cm³/mol. The van der Waals surface area contributed by atoms with E-state index < -0.39 is 0 Å². The molecule has 0 aromatic rings. The number of carbonyl (C=O) groups is 1. The molecule has 2 aliphatic rings. The standard InChI is InChI=1S/C13H25N3O/c1-2-8-15(12-3-4-12)9-5-13(17)16-10-6-14-7-11-16/h12,14H,2-11H2,1H3. The maximum absolute atomic E-state index is 12.0. The summed E-state index contributed by atoms with van der Waals surface area (Å²) in [5.74, 6) is 0.341. The SMILES string of the molecule is CCCN(CCC(=O)N1CCNCC1)C1CC1. The molecule has 4 nitrogen and oxygen atoms in total. The van der Waals surface area contributed by atoms with Gasteiger partial charge in [0.2, 0.25) is 5.91 Å². The minimum absolute atomic E-state index is 0.341. The fourth-order valence-corrected chi connectivity index (χ4v) is 2.52. The first-order valence-electron chi connectivity index (χ1n) is 7.04. The fraction of sp³-hybridized carbons (Fsp3) is 0.923. The molecule has 0 aromatic heterocycles. The Labute approximate surface area is 104 Å². The molecule has 17 heavy (non-hydrogen) atoms. The highest BCUT2D eigenvalue weighted by atomic mass is 16.2. The molecule has 0 unspecified atom stereocenters. The number of nitrogens with zero attached hydrogens (tertiary/aromatic N) is 2. The molecular weight excluding hydrogens is 214 g/mol. The van der Waals surface area contributed by atoms with E-state index >= 15 is 0 Å². The maximum atomic E-state index is 12.0. The molecule has 1 aliphatic heterocycles. The third-order valence-corrected chi connectivity index (χ3v) is 3.66. The van der Waals surface area contributed by atoms with Crippen LogP contribution in [0.25, 0.3) is 0 Å². The van der Waals surface area contributed by atoms with Crippen molar-refractivity contribution in [3.8, 4) is 0 Å². The lowest BCUT2D eigenvalue weighted by molar-refractivity contribution is -0.132. The van der Waals surface area contributed by atoms with E-state index in [4.69, 9.17) is 0 Å². The number of rotatable bonds is 6. The summed E-state index contributed by atoms with van der Waals surface area (Å²) in [6.07, 6.45) is 4.57. The molecule has 1 saturated heterocycles. The van der Waals surface area contributed by atoms with E-state index in [1.54, 1.807) is 0 Å². The second kappa shape index (κ2) is 6.36. The van der Waals surface area contributed by atoms with E-state index in [1.165, 1.54) is 19.3 Å². The summed E-state index contributed by atoms with van der Waals surface area (Å²) in [7, 11) is 0. The number of hydrogen-bond donors (Lipinski definition) is 1. The van der Waals surface area contributed by atoms with E-state index in [0.29, 0.717) is 12.3 Å². The Bertz CT molecular complexity index is 247. The van der Waals surface area contributed by atoms with Crippen LogP contribution in [0.15, 0.2) is 0 Å². The van der Waals surface area contributed by atoms with Crippen LogP contribution in [0.4, 0.5) is 0 Å². The van der Waals surface area contributed by atoms with Gasteiger partial charge in [0, 0.05) is 45.2 Å². The molecule has 0 radical (unpaired) electrons. The first-order valence-corrected chi connectivity index (χ1v) is 7.04. The summed E-state index contributed by atoms with van der Waals surface area (Å²) in [5.41, 5.74) is 0. The number of amides is 1. The first-order chi connectivity index (χ1) is 8.31. The second-order valence-electron chi connectivity index (χ2n) is 5.15. The van der Waals surface area contributed by atoms with E-state index in [1.807, 2.05) is 4.90 Å².